The molecule has 0 fully saturated rings. The van der Waals surface area contributed by atoms with Crippen LogP contribution in [-0.4, -0.2) is 29.8 Å². The number of rotatable bonds is 5. The molecule has 5 nitrogen and oxygen atoms in total. The van der Waals surface area contributed by atoms with Crippen molar-refractivity contribution in [3.8, 4) is 5.69 Å². The number of anilines is 1. The molecule has 1 unspecified atom stereocenters. The van der Waals surface area contributed by atoms with Crippen molar-refractivity contribution in [2.24, 2.45) is 0 Å². The van der Waals surface area contributed by atoms with Crippen LogP contribution >= 0.6 is 0 Å². The van der Waals surface area contributed by atoms with Gasteiger partial charge in [-0.15, -0.1) is 0 Å². The van der Waals surface area contributed by atoms with E-state index in [-0.39, 0.29) is 17.8 Å². The topological polar surface area (TPSA) is 50.2 Å². The molecule has 3 rings (SSSR count). The van der Waals surface area contributed by atoms with Crippen LogP contribution in [0.3, 0.4) is 0 Å². The highest BCUT2D eigenvalue weighted by atomic mass is 19.1. The van der Waals surface area contributed by atoms with Crippen molar-refractivity contribution in [1.82, 2.24) is 15.1 Å². The third kappa shape index (κ3) is 4.00. The molecule has 0 aliphatic heterocycles. The van der Waals surface area contributed by atoms with E-state index in [4.69, 9.17) is 0 Å². The fourth-order valence-electron chi connectivity index (χ4n) is 2.96. The number of benzene rings is 2. The van der Waals surface area contributed by atoms with Crippen molar-refractivity contribution in [1.29, 1.82) is 0 Å². The number of hydrogen-bond donors (Lipinski definition) is 1. The maximum atomic E-state index is 13.1. The average Bonchev–Trinajstić information content (AvgIpc) is 3.04. The lowest BCUT2D eigenvalue weighted by Gasteiger charge is -2.16. The Kier molecular flexibility index (Phi) is 5.26. The molecule has 1 aromatic heterocycles. The summed E-state index contributed by atoms with van der Waals surface area (Å²) in [4.78, 5) is 14.5. The maximum Gasteiger partial charge on any atom is 0.251 e. The number of nitrogens with zero attached hydrogens (tertiary/aromatic N) is 3. The highest BCUT2D eigenvalue weighted by Crippen LogP contribution is 2.21. The molecule has 0 bridgehead atoms. The average molecular weight is 366 g/mol. The highest BCUT2D eigenvalue weighted by molar-refractivity contribution is 5.94. The zero-order chi connectivity index (χ0) is 19.6. The Morgan fingerprint density at radius 2 is 1.74 bits per heavy atom. The van der Waals surface area contributed by atoms with Gasteiger partial charge in [-0.3, -0.25) is 4.79 Å². The van der Waals surface area contributed by atoms with Crippen LogP contribution in [0.15, 0.2) is 54.7 Å². The summed E-state index contributed by atoms with van der Waals surface area (Å²) in [6.45, 7) is 3.85. The zero-order valence-electron chi connectivity index (χ0n) is 15.9. The van der Waals surface area contributed by atoms with E-state index in [2.05, 4.69) is 10.4 Å². The lowest BCUT2D eigenvalue weighted by molar-refractivity contribution is 0.0940. The van der Waals surface area contributed by atoms with Gasteiger partial charge in [0.25, 0.3) is 5.91 Å². The van der Waals surface area contributed by atoms with Crippen molar-refractivity contribution in [2.45, 2.75) is 19.9 Å². The molecule has 1 heterocycles. The summed E-state index contributed by atoms with van der Waals surface area (Å²) in [5, 5.41) is 7.40. The van der Waals surface area contributed by atoms with Crippen molar-refractivity contribution in [3.05, 3.63) is 77.4 Å². The molecule has 1 N–H and O–H groups in total. The summed E-state index contributed by atoms with van der Waals surface area (Å²) in [7, 11) is 3.91. The third-order valence-corrected chi connectivity index (χ3v) is 4.58. The van der Waals surface area contributed by atoms with E-state index in [9.17, 15) is 9.18 Å². The molecule has 6 heteroatoms. The lowest BCUT2D eigenvalue weighted by Crippen LogP contribution is -2.27. The minimum atomic E-state index is -0.287. The molecular formula is C21H23FN4O. The van der Waals surface area contributed by atoms with Gasteiger partial charge in [0.2, 0.25) is 0 Å². The van der Waals surface area contributed by atoms with E-state index in [0.717, 1.165) is 22.6 Å². The molecule has 2 aromatic carbocycles. The standard InChI is InChI=1S/C21H23FN4O/c1-14(24-21(27)16-5-9-18(10-6-16)25(3)4)20-13-23-26(15(20)2)19-11-7-17(22)8-12-19/h5-14H,1-4H3,(H,24,27). The van der Waals surface area contributed by atoms with E-state index in [0.29, 0.717) is 5.56 Å². The predicted octanol–water partition coefficient (Wildman–Crippen LogP) is 3.88. The Bertz CT molecular complexity index is 930. The van der Waals surface area contributed by atoms with Gasteiger partial charge in [-0.2, -0.15) is 5.10 Å². The predicted molar refractivity (Wildman–Crippen MR) is 105 cm³/mol. The van der Waals surface area contributed by atoms with Gasteiger partial charge in [0, 0.05) is 36.6 Å². The van der Waals surface area contributed by atoms with Crippen LogP contribution in [0.5, 0.6) is 0 Å². The SMILES string of the molecule is Cc1c(C(C)NC(=O)c2ccc(N(C)C)cc2)cnn1-c1ccc(F)cc1. The minimum Gasteiger partial charge on any atom is -0.378 e. The zero-order valence-corrected chi connectivity index (χ0v) is 15.9. The van der Waals surface area contributed by atoms with Crippen LogP contribution in [-0.2, 0) is 0 Å². The number of nitrogens with one attached hydrogen (secondary N) is 1. The van der Waals surface area contributed by atoms with Gasteiger partial charge in [0.05, 0.1) is 17.9 Å². The fourth-order valence-corrected chi connectivity index (χ4v) is 2.96. The quantitative estimate of drug-likeness (QED) is 0.746. The summed E-state index contributed by atoms with van der Waals surface area (Å²) in [5.41, 5.74) is 4.24. The van der Waals surface area contributed by atoms with Crippen LogP contribution in [0.25, 0.3) is 5.69 Å². The van der Waals surface area contributed by atoms with Gasteiger partial charge >= 0.3 is 0 Å². The smallest absolute Gasteiger partial charge is 0.251 e. The number of carbonyl (C=O) groups is 1. The maximum absolute atomic E-state index is 13.1. The summed E-state index contributed by atoms with van der Waals surface area (Å²) in [5.74, 6) is -0.425. The first-order valence-electron chi connectivity index (χ1n) is 8.75. The molecule has 27 heavy (non-hydrogen) atoms. The first kappa shape index (κ1) is 18.6. The summed E-state index contributed by atoms with van der Waals surface area (Å²) >= 11 is 0. The molecule has 1 amide bonds. The Morgan fingerprint density at radius 3 is 2.33 bits per heavy atom. The first-order valence-corrected chi connectivity index (χ1v) is 8.75. The van der Waals surface area contributed by atoms with Crippen molar-refractivity contribution < 1.29 is 9.18 Å². The number of hydrogen-bond acceptors (Lipinski definition) is 3. The second-order valence-corrected chi connectivity index (χ2v) is 6.71. The largest absolute Gasteiger partial charge is 0.378 e. The van der Waals surface area contributed by atoms with Gasteiger partial charge in [-0.1, -0.05) is 0 Å². The Balaban J connectivity index is 1.75. The molecule has 0 aliphatic rings. The fraction of sp³-hybridized carbons (Fsp3) is 0.238. The number of carbonyl (C=O) groups excluding carboxylic acids is 1. The molecule has 0 saturated heterocycles. The van der Waals surface area contributed by atoms with E-state index in [1.807, 2.05) is 57.1 Å². The monoisotopic (exact) mass is 366 g/mol. The van der Waals surface area contributed by atoms with Crippen LogP contribution in [0, 0.1) is 12.7 Å². The van der Waals surface area contributed by atoms with Crippen molar-refractivity contribution in [3.63, 3.8) is 0 Å². The van der Waals surface area contributed by atoms with Gasteiger partial charge < -0.3 is 10.2 Å². The molecule has 1 atom stereocenters. The molecule has 3 aromatic rings. The van der Waals surface area contributed by atoms with Gasteiger partial charge in [0.15, 0.2) is 0 Å². The van der Waals surface area contributed by atoms with Crippen molar-refractivity contribution >= 4 is 11.6 Å². The second kappa shape index (κ2) is 7.61. The van der Waals surface area contributed by atoms with Gasteiger partial charge in [-0.25, -0.2) is 9.07 Å². The van der Waals surface area contributed by atoms with Crippen molar-refractivity contribution in [2.75, 3.05) is 19.0 Å². The highest BCUT2D eigenvalue weighted by Gasteiger charge is 2.17. The molecule has 0 spiro atoms. The summed E-state index contributed by atoms with van der Waals surface area (Å²) in [6, 6.07) is 13.4. The van der Waals surface area contributed by atoms with Crippen LogP contribution in [0.1, 0.15) is 34.6 Å². The molecular weight excluding hydrogens is 343 g/mol. The van der Waals surface area contributed by atoms with E-state index in [1.54, 1.807) is 23.0 Å². The number of amides is 1. The third-order valence-electron chi connectivity index (χ3n) is 4.58. The van der Waals surface area contributed by atoms with Crippen LogP contribution in [0.2, 0.25) is 0 Å². The van der Waals surface area contributed by atoms with Crippen LogP contribution in [0.4, 0.5) is 10.1 Å². The Morgan fingerprint density at radius 1 is 1.11 bits per heavy atom. The lowest BCUT2D eigenvalue weighted by atomic mass is 10.1. The Hall–Kier alpha value is -3.15. The normalized spacial score (nSPS) is 11.9. The molecule has 0 aliphatic carbocycles. The van der Waals surface area contributed by atoms with E-state index in [1.165, 1.54) is 12.1 Å². The second-order valence-electron chi connectivity index (χ2n) is 6.71. The molecule has 0 saturated carbocycles. The minimum absolute atomic E-state index is 0.137. The molecule has 140 valence electrons. The van der Waals surface area contributed by atoms with E-state index >= 15 is 0 Å². The number of aromatic nitrogens is 2. The Labute approximate surface area is 158 Å². The first-order chi connectivity index (χ1) is 12.9. The number of halogens is 1. The van der Waals surface area contributed by atoms with Crippen LogP contribution < -0.4 is 10.2 Å². The summed E-state index contributed by atoms with van der Waals surface area (Å²) < 4.78 is 14.9. The van der Waals surface area contributed by atoms with Gasteiger partial charge in [-0.05, 0) is 62.4 Å². The molecule has 0 radical (unpaired) electrons. The van der Waals surface area contributed by atoms with Gasteiger partial charge in [0.1, 0.15) is 5.82 Å². The summed E-state index contributed by atoms with van der Waals surface area (Å²) in [6.07, 6.45) is 1.73. The van der Waals surface area contributed by atoms with E-state index < -0.39 is 0 Å².